The van der Waals surface area contributed by atoms with E-state index in [-0.39, 0.29) is 5.54 Å². The quantitative estimate of drug-likeness (QED) is 0.430. The van der Waals surface area contributed by atoms with E-state index in [2.05, 4.69) is 34.4 Å². The maximum absolute atomic E-state index is 5.02. The van der Waals surface area contributed by atoms with Gasteiger partial charge in [0.25, 0.3) is 0 Å². The van der Waals surface area contributed by atoms with Crippen molar-refractivity contribution in [2.75, 3.05) is 46.9 Å². The molecule has 0 amide bonds. The van der Waals surface area contributed by atoms with Gasteiger partial charge in [0, 0.05) is 32.8 Å². The summed E-state index contributed by atoms with van der Waals surface area (Å²) in [6.07, 6.45) is 4.02. The van der Waals surface area contributed by atoms with E-state index in [9.17, 15) is 0 Å². The summed E-state index contributed by atoms with van der Waals surface area (Å²) < 4.78 is 5.02. The highest BCUT2D eigenvalue weighted by molar-refractivity contribution is 5.79. The number of likely N-dealkylation sites (tertiary alicyclic amines) is 1. The Hall–Kier alpha value is -0.810. The van der Waals surface area contributed by atoms with Crippen LogP contribution in [0.5, 0.6) is 0 Å². The number of hydrogen-bond acceptors (Lipinski definition) is 3. The van der Waals surface area contributed by atoms with Crippen LogP contribution >= 0.6 is 0 Å². The predicted molar refractivity (Wildman–Crippen MR) is 80.7 cm³/mol. The molecule has 1 rings (SSSR count). The van der Waals surface area contributed by atoms with Crippen molar-refractivity contribution in [2.45, 2.75) is 38.6 Å². The van der Waals surface area contributed by atoms with Crippen LogP contribution in [0.25, 0.3) is 0 Å². The molecule has 1 fully saturated rings. The molecule has 0 atom stereocenters. The molecule has 5 nitrogen and oxygen atoms in total. The average molecular weight is 270 g/mol. The van der Waals surface area contributed by atoms with Crippen LogP contribution in [0.15, 0.2) is 4.99 Å². The summed E-state index contributed by atoms with van der Waals surface area (Å²) in [5.41, 5.74) is 0.166. The lowest BCUT2D eigenvalue weighted by Crippen LogP contribution is -2.55. The fourth-order valence-corrected chi connectivity index (χ4v) is 2.40. The molecule has 0 unspecified atom stereocenters. The minimum atomic E-state index is 0.166. The lowest BCUT2D eigenvalue weighted by atomic mass is 9.98. The molecule has 2 N–H and O–H groups in total. The maximum Gasteiger partial charge on any atom is 0.191 e. The first-order valence-corrected chi connectivity index (χ1v) is 7.28. The van der Waals surface area contributed by atoms with Crippen LogP contribution in [0.1, 0.15) is 33.1 Å². The van der Waals surface area contributed by atoms with E-state index in [0.717, 1.165) is 19.0 Å². The van der Waals surface area contributed by atoms with Crippen molar-refractivity contribution in [3.63, 3.8) is 0 Å². The largest absolute Gasteiger partial charge is 0.383 e. The smallest absolute Gasteiger partial charge is 0.191 e. The van der Waals surface area contributed by atoms with Crippen molar-refractivity contribution in [3.05, 3.63) is 0 Å². The van der Waals surface area contributed by atoms with Crippen molar-refractivity contribution in [1.82, 2.24) is 15.5 Å². The van der Waals surface area contributed by atoms with Gasteiger partial charge in [0.1, 0.15) is 0 Å². The second kappa shape index (κ2) is 8.38. The molecule has 0 aliphatic carbocycles. The highest BCUT2D eigenvalue weighted by atomic mass is 16.5. The van der Waals surface area contributed by atoms with E-state index in [1.807, 2.05) is 0 Å². The molecule has 19 heavy (non-hydrogen) atoms. The van der Waals surface area contributed by atoms with Crippen LogP contribution in [0.4, 0.5) is 0 Å². The Bertz CT molecular complexity index is 273. The number of nitrogens with zero attached hydrogens (tertiary/aromatic N) is 2. The Labute approximate surface area is 117 Å². The number of methoxy groups -OCH3 is 1. The summed E-state index contributed by atoms with van der Waals surface area (Å²) in [4.78, 5) is 6.80. The van der Waals surface area contributed by atoms with Crippen molar-refractivity contribution in [1.29, 1.82) is 0 Å². The SMILES string of the molecule is CN=C(NCCOC)NCC(C)(C)N1CCCCC1. The minimum Gasteiger partial charge on any atom is -0.383 e. The molecule has 0 spiro atoms. The van der Waals surface area contributed by atoms with Gasteiger partial charge >= 0.3 is 0 Å². The van der Waals surface area contributed by atoms with E-state index in [0.29, 0.717) is 6.61 Å². The standard InChI is InChI=1S/C14H30N4O/c1-14(2,18-9-6-5-7-10-18)12-17-13(15-3)16-8-11-19-4/h5-12H2,1-4H3,(H2,15,16,17). The number of nitrogens with one attached hydrogen (secondary N) is 2. The Morgan fingerprint density at radius 2 is 1.89 bits per heavy atom. The third kappa shape index (κ3) is 5.78. The van der Waals surface area contributed by atoms with Crippen LogP contribution in [-0.4, -0.2) is 63.3 Å². The van der Waals surface area contributed by atoms with Gasteiger partial charge in [0.05, 0.1) is 6.61 Å². The lowest BCUT2D eigenvalue weighted by molar-refractivity contribution is 0.0982. The van der Waals surface area contributed by atoms with E-state index >= 15 is 0 Å². The Kier molecular flexibility index (Phi) is 7.16. The second-order valence-electron chi connectivity index (χ2n) is 5.71. The van der Waals surface area contributed by atoms with Gasteiger partial charge in [-0.25, -0.2) is 0 Å². The Morgan fingerprint density at radius 3 is 2.47 bits per heavy atom. The molecule has 0 aromatic heterocycles. The molecular formula is C14H30N4O. The molecule has 0 bridgehead atoms. The zero-order chi connectivity index (χ0) is 14.1. The number of ether oxygens (including phenoxy) is 1. The number of rotatable bonds is 6. The fraction of sp³-hybridized carbons (Fsp3) is 0.929. The van der Waals surface area contributed by atoms with Gasteiger partial charge in [-0.15, -0.1) is 0 Å². The maximum atomic E-state index is 5.02. The van der Waals surface area contributed by atoms with Gasteiger partial charge in [-0.05, 0) is 39.8 Å². The van der Waals surface area contributed by atoms with Gasteiger partial charge in [0.2, 0.25) is 0 Å². The first-order chi connectivity index (χ1) is 9.10. The van der Waals surface area contributed by atoms with Crippen LogP contribution in [0, 0.1) is 0 Å². The molecule has 0 saturated carbocycles. The fourth-order valence-electron chi connectivity index (χ4n) is 2.40. The topological polar surface area (TPSA) is 48.9 Å². The van der Waals surface area contributed by atoms with Crippen LogP contribution in [-0.2, 0) is 4.74 Å². The molecule has 5 heteroatoms. The van der Waals surface area contributed by atoms with Gasteiger partial charge in [0.15, 0.2) is 5.96 Å². The third-order valence-corrected chi connectivity index (χ3v) is 3.72. The van der Waals surface area contributed by atoms with E-state index in [1.54, 1.807) is 14.2 Å². The molecule has 1 saturated heterocycles. The Morgan fingerprint density at radius 1 is 1.21 bits per heavy atom. The summed E-state index contributed by atoms with van der Waals surface area (Å²) in [5.74, 6) is 0.849. The minimum absolute atomic E-state index is 0.166. The molecule has 1 aliphatic heterocycles. The van der Waals surface area contributed by atoms with Crippen LogP contribution < -0.4 is 10.6 Å². The van der Waals surface area contributed by atoms with E-state index in [1.165, 1.54) is 32.4 Å². The zero-order valence-corrected chi connectivity index (χ0v) is 13.0. The lowest BCUT2D eigenvalue weighted by Gasteiger charge is -2.41. The monoisotopic (exact) mass is 270 g/mol. The van der Waals surface area contributed by atoms with Crippen LogP contribution in [0.3, 0.4) is 0 Å². The summed E-state index contributed by atoms with van der Waals surface area (Å²) in [6.45, 7) is 9.40. The first kappa shape index (κ1) is 16.2. The molecular weight excluding hydrogens is 240 g/mol. The van der Waals surface area contributed by atoms with Crippen LogP contribution in [0.2, 0.25) is 0 Å². The van der Waals surface area contributed by atoms with Crippen molar-refractivity contribution < 1.29 is 4.74 Å². The normalized spacial score (nSPS) is 18.4. The predicted octanol–water partition coefficient (Wildman–Crippen LogP) is 1.06. The van der Waals surface area contributed by atoms with Gasteiger partial charge in [-0.2, -0.15) is 0 Å². The molecule has 0 aromatic rings. The Balaban J connectivity index is 2.35. The van der Waals surface area contributed by atoms with Gasteiger partial charge in [-0.3, -0.25) is 9.89 Å². The first-order valence-electron chi connectivity index (χ1n) is 7.28. The number of guanidine groups is 1. The summed E-state index contributed by atoms with van der Waals surface area (Å²) in [7, 11) is 3.51. The van der Waals surface area contributed by atoms with Crippen molar-refractivity contribution >= 4 is 5.96 Å². The summed E-state index contributed by atoms with van der Waals surface area (Å²) in [6, 6.07) is 0. The molecule has 1 heterocycles. The molecule has 0 radical (unpaired) electrons. The molecule has 112 valence electrons. The highest BCUT2D eigenvalue weighted by Crippen LogP contribution is 2.19. The third-order valence-electron chi connectivity index (χ3n) is 3.72. The van der Waals surface area contributed by atoms with Crippen molar-refractivity contribution in [3.8, 4) is 0 Å². The number of aliphatic imine (C=N–C) groups is 1. The summed E-state index contributed by atoms with van der Waals surface area (Å²) >= 11 is 0. The average Bonchev–Trinajstić information content (AvgIpc) is 2.43. The van der Waals surface area contributed by atoms with Crippen molar-refractivity contribution in [2.24, 2.45) is 4.99 Å². The molecule has 0 aromatic carbocycles. The van der Waals surface area contributed by atoms with E-state index in [4.69, 9.17) is 4.74 Å². The number of hydrogen-bond donors (Lipinski definition) is 2. The van der Waals surface area contributed by atoms with Gasteiger partial charge < -0.3 is 15.4 Å². The zero-order valence-electron chi connectivity index (χ0n) is 13.0. The highest BCUT2D eigenvalue weighted by Gasteiger charge is 2.27. The summed E-state index contributed by atoms with van der Waals surface area (Å²) in [5, 5.41) is 6.65. The number of piperidine rings is 1. The molecule has 1 aliphatic rings. The second-order valence-corrected chi connectivity index (χ2v) is 5.71. The van der Waals surface area contributed by atoms with Gasteiger partial charge in [-0.1, -0.05) is 6.42 Å². The van der Waals surface area contributed by atoms with E-state index < -0.39 is 0 Å².